The Morgan fingerprint density at radius 2 is 1.77 bits per heavy atom. The van der Waals surface area contributed by atoms with E-state index in [4.69, 9.17) is 4.74 Å². The lowest BCUT2D eigenvalue weighted by atomic mass is 10.1. The number of rotatable bonds is 7. The maximum atomic E-state index is 12.4. The van der Waals surface area contributed by atoms with Gasteiger partial charge >= 0.3 is 0 Å². The third-order valence-corrected chi connectivity index (χ3v) is 5.19. The summed E-state index contributed by atoms with van der Waals surface area (Å²) in [6, 6.07) is 15.8. The van der Waals surface area contributed by atoms with Crippen LogP contribution in [-0.2, 0) is 17.9 Å². The van der Waals surface area contributed by atoms with Crippen LogP contribution in [0.3, 0.4) is 0 Å². The molecule has 0 saturated carbocycles. The van der Waals surface area contributed by atoms with Gasteiger partial charge in [0.25, 0.3) is 5.91 Å². The number of halogens is 1. The van der Waals surface area contributed by atoms with Crippen LogP contribution in [0.2, 0.25) is 0 Å². The highest BCUT2D eigenvalue weighted by Crippen LogP contribution is 2.18. The number of nitrogens with zero attached hydrogens (tertiary/aromatic N) is 1. The van der Waals surface area contributed by atoms with Crippen molar-refractivity contribution in [1.82, 2.24) is 10.2 Å². The smallest absolute Gasteiger partial charge is 0.261 e. The average Bonchev–Trinajstić information content (AvgIpc) is 3.15. The van der Waals surface area contributed by atoms with E-state index in [9.17, 15) is 4.79 Å². The third-order valence-electron chi connectivity index (χ3n) is 4.66. The zero-order valence-corrected chi connectivity index (χ0v) is 16.7. The summed E-state index contributed by atoms with van der Waals surface area (Å²) >= 11 is 3.39. The standard InChI is InChI=1S/C21H25BrN2O2/c1-16(26-20-10-8-19(22)9-11-20)21(25)23-14-17-6-2-3-7-18(17)15-24-12-4-5-13-24/h2-3,6-11,16H,4-5,12-15H2,1H3,(H,23,25). The van der Waals surface area contributed by atoms with Gasteiger partial charge in [-0.2, -0.15) is 0 Å². The molecule has 1 N–H and O–H groups in total. The second-order valence-electron chi connectivity index (χ2n) is 6.68. The highest BCUT2D eigenvalue weighted by molar-refractivity contribution is 9.10. The summed E-state index contributed by atoms with van der Waals surface area (Å²) in [5.41, 5.74) is 2.46. The Morgan fingerprint density at radius 1 is 1.12 bits per heavy atom. The van der Waals surface area contributed by atoms with Crippen molar-refractivity contribution in [1.29, 1.82) is 0 Å². The Labute approximate surface area is 163 Å². The van der Waals surface area contributed by atoms with Gasteiger partial charge in [-0.05, 0) is 68.2 Å². The zero-order valence-electron chi connectivity index (χ0n) is 15.1. The first-order valence-corrected chi connectivity index (χ1v) is 9.90. The number of ether oxygens (including phenoxy) is 1. The van der Waals surface area contributed by atoms with Crippen LogP contribution < -0.4 is 10.1 Å². The predicted octanol–water partition coefficient (Wildman–Crippen LogP) is 4.13. The molecule has 1 unspecified atom stereocenters. The first kappa shape index (κ1) is 18.9. The van der Waals surface area contributed by atoms with E-state index in [-0.39, 0.29) is 5.91 Å². The summed E-state index contributed by atoms with van der Waals surface area (Å²) in [4.78, 5) is 14.9. The zero-order chi connectivity index (χ0) is 18.4. The second kappa shape index (κ2) is 9.19. The van der Waals surface area contributed by atoms with Gasteiger partial charge in [-0.1, -0.05) is 40.2 Å². The Morgan fingerprint density at radius 3 is 2.46 bits per heavy atom. The Kier molecular flexibility index (Phi) is 6.69. The van der Waals surface area contributed by atoms with Gasteiger partial charge in [0.1, 0.15) is 5.75 Å². The minimum Gasteiger partial charge on any atom is -0.481 e. The lowest BCUT2D eigenvalue weighted by Crippen LogP contribution is -2.36. The largest absolute Gasteiger partial charge is 0.481 e. The van der Waals surface area contributed by atoms with Crippen molar-refractivity contribution in [2.75, 3.05) is 13.1 Å². The van der Waals surface area contributed by atoms with E-state index in [1.165, 1.54) is 37.1 Å². The molecule has 3 rings (SSSR count). The summed E-state index contributed by atoms with van der Waals surface area (Å²) in [6.07, 6.45) is 2.02. The molecular formula is C21H25BrN2O2. The first-order valence-electron chi connectivity index (χ1n) is 9.11. The maximum absolute atomic E-state index is 12.4. The number of benzene rings is 2. The molecule has 1 aliphatic rings. The van der Waals surface area contributed by atoms with E-state index in [2.05, 4.69) is 44.3 Å². The summed E-state index contributed by atoms with van der Waals surface area (Å²) in [5, 5.41) is 3.00. The Hall–Kier alpha value is -1.85. The van der Waals surface area contributed by atoms with Gasteiger partial charge in [-0.3, -0.25) is 9.69 Å². The van der Waals surface area contributed by atoms with Crippen LogP contribution in [0, 0.1) is 0 Å². The number of hydrogen-bond donors (Lipinski definition) is 1. The lowest BCUT2D eigenvalue weighted by molar-refractivity contribution is -0.127. The van der Waals surface area contributed by atoms with E-state index in [1.54, 1.807) is 6.92 Å². The molecule has 5 heteroatoms. The fraction of sp³-hybridized carbons (Fsp3) is 0.381. The number of carbonyl (C=O) groups is 1. The number of amides is 1. The van der Waals surface area contributed by atoms with Crippen LogP contribution in [0.1, 0.15) is 30.9 Å². The molecule has 1 atom stereocenters. The molecule has 0 bridgehead atoms. The van der Waals surface area contributed by atoms with E-state index < -0.39 is 6.10 Å². The SMILES string of the molecule is CC(Oc1ccc(Br)cc1)C(=O)NCc1ccccc1CN1CCCC1. The normalized spacial score (nSPS) is 15.6. The Balaban J connectivity index is 1.54. The van der Waals surface area contributed by atoms with Crippen molar-refractivity contribution in [3.63, 3.8) is 0 Å². The van der Waals surface area contributed by atoms with Crippen molar-refractivity contribution in [2.24, 2.45) is 0 Å². The van der Waals surface area contributed by atoms with Crippen molar-refractivity contribution >= 4 is 21.8 Å². The molecular weight excluding hydrogens is 392 g/mol. The average molecular weight is 417 g/mol. The molecule has 0 spiro atoms. The summed E-state index contributed by atoms with van der Waals surface area (Å²) in [5.74, 6) is 0.578. The van der Waals surface area contributed by atoms with Crippen LogP contribution in [0.25, 0.3) is 0 Å². The molecule has 138 valence electrons. The molecule has 0 radical (unpaired) electrons. The van der Waals surface area contributed by atoms with Crippen LogP contribution in [0.4, 0.5) is 0 Å². The van der Waals surface area contributed by atoms with E-state index in [0.717, 1.165) is 11.0 Å². The molecule has 1 aliphatic heterocycles. The molecule has 1 amide bonds. The molecule has 1 fully saturated rings. The molecule has 0 aliphatic carbocycles. The summed E-state index contributed by atoms with van der Waals surface area (Å²) < 4.78 is 6.70. The molecule has 0 aromatic heterocycles. The molecule has 1 heterocycles. The monoisotopic (exact) mass is 416 g/mol. The lowest BCUT2D eigenvalue weighted by Gasteiger charge is -2.19. The molecule has 2 aromatic rings. The van der Waals surface area contributed by atoms with Crippen molar-refractivity contribution in [3.05, 3.63) is 64.1 Å². The fourth-order valence-electron chi connectivity index (χ4n) is 3.16. The summed E-state index contributed by atoms with van der Waals surface area (Å²) in [6.45, 7) is 5.58. The number of carbonyl (C=O) groups excluding carboxylic acids is 1. The van der Waals surface area contributed by atoms with Crippen LogP contribution in [0.5, 0.6) is 5.75 Å². The fourth-order valence-corrected chi connectivity index (χ4v) is 3.43. The van der Waals surface area contributed by atoms with Gasteiger partial charge < -0.3 is 10.1 Å². The third kappa shape index (κ3) is 5.32. The van der Waals surface area contributed by atoms with Crippen molar-refractivity contribution in [3.8, 4) is 5.75 Å². The van der Waals surface area contributed by atoms with Crippen LogP contribution in [0.15, 0.2) is 53.0 Å². The molecule has 2 aromatic carbocycles. The van der Waals surface area contributed by atoms with E-state index >= 15 is 0 Å². The Bertz CT molecular complexity index is 727. The van der Waals surface area contributed by atoms with Crippen molar-refractivity contribution in [2.45, 2.75) is 39.0 Å². The second-order valence-corrected chi connectivity index (χ2v) is 7.60. The number of likely N-dealkylation sites (tertiary alicyclic amines) is 1. The minimum atomic E-state index is -0.540. The first-order chi connectivity index (χ1) is 12.6. The number of hydrogen-bond acceptors (Lipinski definition) is 3. The van der Waals surface area contributed by atoms with E-state index in [0.29, 0.717) is 12.3 Å². The maximum Gasteiger partial charge on any atom is 0.261 e. The summed E-state index contributed by atoms with van der Waals surface area (Å²) in [7, 11) is 0. The minimum absolute atomic E-state index is 0.108. The highest BCUT2D eigenvalue weighted by atomic mass is 79.9. The van der Waals surface area contributed by atoms with Gasteiger partial charge in [0.2, 0.25) is 0 Å². The topological polar surface area (TPSA) is 41.6 Å². The number of nitrogens with one attached hydrogen (secondary N) is 1. The molecule has 1 saturated heterocycles. The van der Waals surface area contributed by atoms with E-state index in [1.807, 2.05) is 30.3 Å². The predicted molar refractivity (Wildman–Crippen MR) is 107 cm³/mol. The van der Waals surface area contributed by atoms with Gasteiger partial charge in [0, 0.05) is 17.6 Å². The molecule has 26 heavy (non-hydrogen) atoms. The highest BCUT2D eigenvalue weighted by Gasteiger charge is 2.16. The van der Waals surface area contributed by atoms with Gasteiger partial charge in [0.05, 0.1) is 0 Å². The van der Waals surface area contributed by atoms with Crippen LogP contribution >= 0.6 is 15.9 Å². The van der Waals surface area contributed by atoms with Gasteiger partial charge in [-0.25, -0.2) is 0 Å². The van der Waals surface area contributed by atoms with Gasteiger partial charge in [-0.15, -0.1) is 0 Å². The van der Waals surface area contributed by atoms with Crippen LogP contribution in [-0.4, -0.2) is 30.0 Å². The van der Waals surface area contributed by atoms with Crippen molar-refractivity contribution < 1.29 is 9.53 Å². The van der Waals surface area contributed by atoms with Gasteiger partial charge in [0.15, 0.2) is 6.10 Å². The molecule has 4 nitrogen and oxygen atoms in total. The quantitative estimate of drug-likeness (QED) is 0.737.